The number of nitrogens with one attached hydrogen (secondary N) is 2. The van der Waals surface area contributed by atoms with Crippen molar-refractivity contribution in [3.63, 3.8) is 0 Å². The molecule has 0 amide bonds. The Kier molecular flexibility index (Phi) is 7.07. The molecular weight excluding hydrogens is 512 g/mol. The number of anilines is 2. The molecule has 7 heteroatoms. The number of fused-ring (bicyclic) bond motifs is 1. The highest BCUT2D eigenvalue weighted by Gasteiger charge is 2.15. The van der Waals surface area contributed by atoms with E-state index in [0.29, 0.717) is 35.5 Å². The van der Waals surface area contributed by atoms with Crippen LogP contribution >= 0.6 is 0 Å². The lowest BCUT2D eigenvalue weighted by atomic mass is 10.0. The molecule has 6 rings (SSSR count). The molecule has 0 radical (unpaired) electrons. The van der Waals surface area contributed by atoms with Crippen molar-refractivity contribution >= 4 is 22.4 Å². The number of phenolic OH excluding ortho intramolecular Hbond substituents is 3. The van der Waals surface area contributed by atoms with Crippen molar-refractivity contribution < 1.29 is 15.3 Å². The molecule has 0 aliphatic carbocycles. The molecule has 1 aromatic heterocycles. The van der Waals surface area contributed by atoms with Crippen LogP contribution in [-0.4, -0.2) is 25.3 Å². The van der Waals surface area contributed by atoms with Crippen molar-refractivity contribution in [1.82, 2.24) is 9.97 Å². The van der Waals surface area contributed by atoms with Crippen molar-refractivity contribution in [2.75, 3.05) is 10.6 Å². The van der Waals surface area contributed by atoms with Crippen LogP contribution in [0.2, 0.25) is 0 Å². The third-order valence-electron chi connectivity index (χ3n) is 6.87. The molecule has 0 aliphatic rings. The zero-order chi connectivity index (χ0) is 28.2. The SMILES string of the molecule is Oc1ccc2nc(-c3cccc(NCc4ccccc4O)c3)c(-c3cccc(NCc4ccccc4O)c3)nc2c1. The quantitative estimate of drug-likeness (QED) is 0.138. The number of nitrogens with zero attached hydrogens (tertiary/aromatic N) is 2. The Morgan fingerprint density at radius 2 is 1.00 bits per heavy atom. The molecule has 0 saturated carbocycles. The van der Waals surface area contributed by atoms with Gasteiger partial charge in [0.25, 0.3) is 0 Å². The Morgan fingerprint density at radius 3 is 1.54 bits per heavy atom. The number of hydrogen-bond acceptors (Lipinski definition) is 7. The molecule has 7 nitrogen and oxygen atoms in total. The highest BCUT2D eigenvalue weighted by molar-refractivity contribution is 5.88. The summed E-state index contributed by atoms with van der Waals surface area (Å²) in [4.78, 5) is 9.92. The Bertz CT molecular complexity index is 1850. The fraction of sp³-hybridized carbons (Fsp3) is 0.0588. The summed E-state index contributed by atoms with van der Waals surface area (Å²) in [7, 11) is 0. The third-order valence-corrected chi connectivity index (χ3v) is 6.87. The van der Waals surface area contributed by atoms with Gasteiger partial charge in [-0.25, -0.2) is 9.97 Å². The average Bonchev–Trinajstić information content (AvgIpc) is 3.00. The maximum atomic E-state index is 10.1. The Labute approximate surface area is 237 Å². The summed E-state index contributed by atoms with van der Waals surface area (Å²) in [6.07, 6.45) is 0. The van der Waals surface area contributed by atoms with Crippen LogP contribution in [0.25, 0.3) is 33.5 Å². The first kappa shape index (κ1) is 25.7. The van der Waals surface area contributed by atoms with E-state index in [1.165, 1.54) is 0 Å². The van der Waals surface area contributed by atoms with Crippen LogP contribution in [0.15, 0.2) is 115 Å². The fourth-order valence-electron chi connectivity index (χ4n) is 4.71. The number of aromatic hydroxyl groups is 3. The molecule has 1 heterocycles. The van der Waals surface area contributed by atoms with Gasteiger partial charge in [-0.3, -0.25) is 0 Å². The van der Waals surface area contributed by atoms with E-state index in [-0.39, 0.29) is 17.2 Å². The van der Waals surface area contributed by atoms with Gasteiger partial charge in [-0.1, -0.05) is 60.7 Å². The number of rotatable bonds is 8. The summed E-state index contributed by atoms with van der Waals surface area (Å²) in [5, 5.41) is 37.2. The largest absolute Gasteiger partial charge is 0.508 e. The van der Waals surface area contributed by atoms with Crippen LogP contribution in [0.1, 0.15) is 11.1 Å². The third kappa shape index (κ3) is 5.74. The van der Waals surface area contributed by atoms with E-state index >= 15 is 0 Å². The van der Waals surface area contributed by atoms with Gasteiger partial charge in [0.2, 0.25) is 0 Å². The molecule has 0 aliphatic heterocycles. The smallest absolute Gasteiger partial charge is 0.120 e. The molecule has 0 unspecified atom stereocenters. The monoisotopic (exact) mass is 540 g/mol. The first-order valence-corrected chi connectivity index (χ1v) is 13.3. The van der Waals surface area contributed by atoms with Crippen molar-refractivity contribution in [1.29, 1.82) is 0 Å². The number of phenols is 3. The van der Waals surface area contributed by atoms with E-state index in [2.05, 4.69) is 10.6 Å². The zero-order valence-electron chi connectivity index (χ0n) is 22.1. The topological polar surface area (TPSA) is 111 Å². The Hall–Kier alpha value is -5.56. The molecule has 5 N–H and O–H groups in total. The van der Waals surface area contributed by atoms with Gasteiger partial charge in [-0.05, 0) is 48.5 Å². The normalized spacial score (nSPS) is 10.9. The molecule has 0 saturated heterocycles. The van der Waals surface area contributed by atoms with Gasteiger partial charge in [0.1, 0.15) is 17.2 Å². The highest BCUT2D eigenvalue weighted by Crippen LogP contribution is 2.34. The van der Waals surface area contributed by atoms with E-state index < -0.39 is 0 Å². The van der Waals surface area contributed by atoms with E-state index in [1.54, 1.807) is 42.5 Å². The second-order valence-corrected chi connectivity index (χ2v) is 9.72. The van der Waals surface area contributed by atoms with E-state index in [4.69, 9.17) is 9.97 Å². The molecule has 202 valence electrons. The molecule has 41 heavy (non-hydrogen) atoms. The first-order chi connectivity index (χ1) is 20.0. The Morgan fingerprint density at radius 1 is 0.488 bits per heavy atom. The minimum atomic E-state index is 0.124. The average molecular weight is 541 g/mol. The van der Waals surface area contributed by atoms with E-state index in [0.717, 1.165) is 33.6 Å². The molecule has 5 aromatic carbocycles. The second-order valence-electron chi connectivity index (χ2n) is 9.72. The predicted octanol–water partition coefficient (Wildman–Crippen LogP) is 7.30. The maximum Gasteiger partial charge on any atom is 0.120 e. The van der Waals surface area contributed by atoms with Crippen LogP contribution in [0, 0.1) is 0 Å². The zero-order valence-corrected chi connectivity index (χ0v) is 22.1. The summed E-state index contributed by atoms with van der Waals surface area (Å²) in [5.74, 6) is 0.617. The highest BCUT2D eigenvalue weighted by atomic mass is 16.3. The predicted molar refractivity (Wildman–Crippen MR) is 163 cm³/mol. The minimum Gasteiger partial charge on any atom is -0.508 e. The van der Waals surface area contributed by atoms with Gasteiger partial charge in [0, 0.05) is 52.8 Å². The summed E-state index contributed by atoms with van der Waals surface area (Å²) >= 11 is 0. The van der Waals surface area contributed by atoms with Gasteiger partial charge >= 0.3 is 0 Å². The van der Waals surface area contributed by atoms with Gasteiger partial charge in [-0.15, -0.1) is 0 Å². The van der Waals surface area contributed by atoms with Crippen molar-refractivity contribution in [3.8, 4) is 39.8 Å². The summed E-state index contributed by atoms with van der Waals surface area (Å²) in [5.41, 5.74) is 7.71. The lowest BCUT2D eigenvalue weighted by molar-refractivity contribution is 0.468. The number of hydrogen-bond donors (Lipinski definition) is 5. The van der Waals surface area contributed by atoms with Crippen molar-refractivity contribution in [2.45, 2.75) is 13.1 Å². The van der Waals surface area contributed by atoms with Crippen molar-refractivity contribution in [3.05, 3.63) is 126 Å². The van der Waals surface area contributed by atoms with Gasteiger partial charge in [-0.2, -0.15) is 0 Å². The van der Waals surface area contributed by atoms with Crippen LogP contribution in [0.5, 0.6) is 17.2 Å². The number of benzene rings is 5. The summed E-state index contributed by atoms with van der Waals surface area (Å²) in [6, 6.07) is 35.3. The van der Waals surface area contributed by atoms with Crippen LogP contribution in [-0.2, 0) is 13.1 Å². The second kappa shape index (κ2) is 11.3. The number of para-hydroxylation sites is 2. The van der Waals surface area contributed by atoms with Gasteiger partial charge in [0.05, 0.1) is 22.4 Å². The van der Waals surface area contributed by atoms with E-state index in [9.17, 15) is 15.3 Å². The Balaban J connectivity index is 1.37. The van der Waals surface area contributed by atoms with Crippen LogP contribution in [0.3, 0.4) is 0 Å². The minimum absolute atomic E-state index is 0.124. The molecule has 0 fully saturated rings. The standard InChI is InChI=1S/C34H28N4O3/c39-28-15-16-29-30(19-28)38-34(23-10-6-12-27(18-23)36-21-25-8-2-4-14-32(25)41)33(37-29)22-9-5-11-26(17-22)35-20-24-7-1-3-13-31(24)40/h1-19,35-36,39-41H,20-21H2. The molecule has 0 spiro atoms. The molecule has 0 bridgehead atoms. The van der Waals surface area contributed by atoms with E-state index in [1.807, 2.05) is 72.8 Å². The lowest BCUT2D eigenvalue weighted by Crippen LogP contribution is -2.01. The van der Waals surface area contributed by atoms with Crippen LogP contribution in [0.4, 0.5) is 11.4 Å². The molecule has 0 atom stereocenters. The first-order valence-electron chi connectivity index (χ1n) is 13.3. The fourth-order valence-corrected chi connectivity index (χ4v) is 4.71. The summed E-state index contributed by atoms with van der Waals surface area (Å²) < 4.78 is 0. The molecule has 6 aromatic rings. The van der Waals surface area contributed by atoms with Gasteiger partial charge < -0.3 is 26.0 Å². The molecular formula is C34H28N4O3. The van der Waals surface area contributed by atoms with Gasteiger partial charge in [0.15, 0.2) is 0 Å². The summed E-state index contributed by atoms with van der Waals surface area (Å²) in [6.45, 7) is 0.932. The van der Waals surface area contributed by atoms with Crippen LogP contribution < -0.4 is 10.6 Å². The maximum absolute atomic E-state index is 10.1. The number of aromatic nitrogens is 2. The van der Waals surface area contributed by atoms with Crippen molar-refractivity contribution in [2.24, 2.45) is 0 Å². The lowest BCUT2D eigenvalue weighted by Gasteiger charge is -2.14.